The van der Waals surface area contributed by atoms with Gasteiger partial charge in [0.05, 0.1) is 11.7 Å². The minimum absolute atomic E-state index is 0.130. The van der Waals surface area contributed by atoms with Crippen molar-refractivity contribution in [2.45, 2.75) is 18.7 Å². The zero-order valence-corrected chi connectivity index (χ0v) is 18.6. The molecule has 14 heteroatoms. The standard InChI is InChI=1S/C19H22N6O3.C2HF3O2/c1-25(2)19(28)17(26)6-8-21-18(27)16-10-14(5-7-20-16)23-13-3-4-15-12(9-13)11-22-24-15;3-2(4,5)1(6)7/h3-5,7,9-11,17,26H,6,8H2,1-2H3,(H,20,23)(H,21,27)(H,22,24);(H,6,7)/p-1/t17-;/m1./s1. The number of carbonyl (C=O) groups is 3. The van der Waals surface area contributed by atoms with E-state index in [2.05, 4.69) is 25.8 Å². The number of aromatic amines is 1. The van der Waals surface area contributed by atoms with E-state index in [1.165, 1.54) is 11.1 Å². The van der Waals surface area contributed by atoms with Crippen LogP contribution in [0.3, 0.4) is 0 Å². The molecule has 2 aromatic heterocycles. The van der Waals surface area contributed by atoms with E-state index >= 15 is 0 Å². The van der Waals surface area contributed by atoms with Crippen LogP contribution in [0, 0.1) is 0 Å². The van der Waals surface area contributed by atoms with E-state index in [9.17, 15) is 27.9 Å². The Labute approximate surface area is 197 Å². The summed E-state index contributed by atoms with van der Waals surface area (Å²) in [5, 5.41) is 32.3. The van der Waals surface area contributed by atoms with Crippen LogP contribution in [0.5, 0.6) is 0 Å². The number of hydrogen-bond acceptors (Lipinski definition) is 8. The predicted octanol–water partition coefficient (Wildman–Crippen LogP) is 0.569. The predicted molar refractivity (Wildman–Crippen MR) is 116 cm³/mol. The van der Waals surface area contributed by atoms with Crippen LogP contribution in [0.2, 0.25) is 0 Å². The molecule has 0 saturated heterocycles. The number of aromatic nitrogens is 3. The van der Waals surface area contributed by atoms with Crippen molar-refractivity contribution in [3.63, 3.8) is 0 Å². The average molecular weight is 495 g/mol. The summed E-state index contributed by atoms with van der Waals surface area (Å²) in [4.78, 5) is 38.1. The van der Waals surface area contributed by atoms with Gasteiger partial charge in [-0.2, -0.15) is 18.3 Å². The van der Waals surface area contributed by atoms with Gasteiger partial charge in [-0.3, -0.25) is 19.7 Å². The SMILES string of the molecule is CN(C)C(=O)[C@H](O)CCNC(=O)c1cc(Nc2ccc3[nH]ncc3c2)ccn1.O=C([O-])C(F)(F)F. The molecule has 1 aromatic carbocycles. The minimum Gasteiger partial charge on any atom is -0.542 e. The fourth-order valence-corrected chi connectivity index (χ4v) is 2.65. The molecule has 0 unspecified atom stereocenters. The monoisotopic (exact) mass is 495 g/mol. The first kappa shape index (κ1) is 27.0. The number of pyridine rings is 1. The first-order valence-corrected chi connectivity index (χ1v) is 10.00. The van der Waals surface area contributed by atoms with Crippen LogP contribution in [0.4, 0.5) is 24.5 Å². The molecule has 2 heterocycles. The summed E-state index contributed by atoms with van der Waals surface area (Å²) in [6.07, 6.45) is -2.93. The fourth-order valence-electron chi connectivity index (χ4n) is 2.65. The molecule has 0 spiro atoms. The Balaban J connectivity index is 0.000000540. The smallest absolute Gasteiger partial charge is 0.430 e. The molecule has 188 valence electrons. The number of amides is 2. The number of aliphatic carboxylic acids is 1. The lowest BCUT2D eigenvalue weighted by molar-refractivity contribution is -0.344. The second-order valence-electron chi connectivity index (χ2n) is 7.31. The molecule has 0 bridgehead atoms. The van der Waals surface area contributed by atoms with Crippen LogP contribution in [0.15, 0.2) is 42.7 Å². The van der Waals surface area contributed by atoms with Crippen molar-refractivity contribution in [3.05, 3.63) is 48.4 Å². The number of aliphatic hydroxyl groups excluding tert-OH is 1. The van der Waals surface area contributed by atoms with Crippen LogP contribution in [0.1, 0.15) is 16.9 Å². The first-order valence-electron chi connectivity index (χ1n) is 10.00. The van der Waals surface area contributed by atoms with Crippen LogP contribution >= 0.6 is 0 Å². The highest BCUT2D eigenvalue weighted by Crippen LogP contribution is 2.21. The zero-order valence-electron chi connectivity index (χ0n) is 18.6. The molecule has 0 aliphatic carbocycles. The number of anilines is 2. The molecular weight excluding hydrogens is 473 g/mol. The van der Waals surface area contributed by atoms with Crippen LogP contribution in [-0.2, 0) is 9.59 Å². The average Bonchev–Trinajstić information content (AvgIpc) is 3.26. The lowest BCUT2D eigenvalue weighted by atomic mass is 10.2. The number of carbonyl (C=O) groups excluding carboxylic acids is 3. The highest BCUT2D eigenvalue weighted by Gasteiger charge is 2.28. The molecular formula is C21H22F3N6O5-. The number of carboxylic acids is 1. The quantitative estimate of drug-likeness (QED) is 0.370. The second-order valence-corrected chi connectivity index (χ2v) is 7.31. The molecule has 2 amide bonds. The van der Waals surface area contributed by atoms with E-state index in [0.29, 0.717) is 5.69 Å². The topological polar surface area (TPSA) is 163 Å². The summed E-state index contributed by atoms with van der Waals surface area (Å²) in [5.41, 5.74) is 2.75. The third-order valence-corrected chi connectivity index (χ3v) is 4.38. The van der Waals surface area contributed by atoms with Crippen molar-refractivity contribution >= 4 is 40.1 Å². The molecule has 4 N–H and O–H groups in total. The van der Waals surface area contributed by atoms with Gasteiger partial charge in [-0.05, 0) is 36.8 Å². The Morgan fingerprint density at radius 1 is 1.17 bits per heavy atom. The van der Waals surface area contributed by atoms with Gasteiger partial charge in [-0.15, -0.1) is 0 Å². The summed E-state index contributed by atoms with van der Waals surface area (Å²) < 4.78 is 31.5. The Bertz CT molecular complexity index is 1180. The van der Waals surface area contributed by atoms with Crippen molar-refractivity contribution < 1.29 is 37.8 Å². The number of carboxylic acid groups (broad SMARTS) is 1. The van der Waals surface area contributed by atoms with Gasteiger partial charge in [0.15, 0.2) is 0 Å². The molecule has 3 aromatic rings. The van der Waals surface area contributed by atoms with E-state index in [1.807, 2.05) is 18.2 Å². The Hall–Kier alpha value is -4.20. The van der Waals surface area contributed by atoms with Gasteiger partial charge in [-0.25, -0.2) is 0 Å². The number of fused-ring (bicyclic) bond motifs is 1. The fraction of sp³-hybridized carbons (Fsp3) is 0.286. The van der Waals surface area contributed by atoms with Crippen molar-refractivity contribution in [2.75, 3.05) is 26.0 Å². The van der Waals surface area contributed by atoms with Gasteiger partial charge in [-0.1, -0.05) is 0 Å². The third kappa shape index (κ3) is 8.26. The molecule has 0 radical (unpaired) electrons. The van der Waals surface area contributed by atoms with Gasteiger partial charge >= 0.3 is 6.18 Å². The lowest BCUT2D eigenvalue weighted by Crippen LogP contribution is -2.37. The number of benzene rings is 1. The number of nitrogens with one attached hydrogen (secondary N) is 3. The maximum Gasteiger partial charge on any atom is 0.430 e. The number of likely N-dealkylation sites (N-methyl/N-ethyl adjacent to an activating group) is 1. The van der Waals surface area contributed by atoms with Crippen LogP contribution in [-0.4, -0.2) is 75.9 Å². The number of alkyl halides is 3. The normalized spacial score (nSPS) is 11.7. The number of hydrogen-bond donors (Lipinski definition) is 4. The summed E-state index contributed by atoms with van der Waals surface area (Å²) in [7, 11) is 3.13. The van der Waals surface area contributed by atoms with Gasteiger partial charge in [0.1, 0.15) is 17.8 Å². The van der Waals surface area contributed by atoms with E-state index in [4.69, 9.17) is 9.90 Å². The molecule has 35 heavy (non-hydrogen) atoms. The molecule has 11 nitrogen and oxygen atoms in total. The third-order valence-electron chi connectivity index (χ3n) is 4.38. The van der Waals surface area contributed by atoms with E-state index in [1.54, 1.807) is 32.4 Å². The second kappa shape index (κ2) is 11.8. The van der Waals surface area contributed by atoms with Crippen LogP contribution in [0.25, 0.3) is 10.9 Å². The lowest BCUT2D eigenvalue weighted by Gasteiger charge is -2.15. The molecule has 0 fully saturated rings. The van der Waals surface area contributed by atoms with Crippen molar-refractivity contribution in [1.29, 1.82) is 0 Å². The first-order chi connectivity index (χ1) is 16.4. The minimum atomic E-state index is -5.19. The van der Waals surface area contributed by atoms with Gasteiger partial charge in [0, 0.05) is 43.6 Å². The summed E-state index contributed by atoms with van der Waals surface area (Å²) in [6.45, 7) is 0.163. The summed E-state index contributed by atoms with van der Waals surface area (Å²) in [6, 6.07) is 9.16. The highest BCUT2D eigenvalue weighted by atomic mass is 19.4. The zero-order chi connectivity index (χ0) is 26.2. The number of aliphatic hydroxyl groups is 1. The van der Waals surface area contributed by atoms with Gasteiger partial charge in [0.2, 0.25) is 0 Å². The van der Waals surface area contributed by atoms with E-state index in [0.717, 1.165) is 16.6 Å². The largest absolute Gasteiger partial charge is 0.542 e. The number of rotatable bonds is 7. The van der Waals surface area contributed by atoms with E-state index in [-0.39, 0.29) is 24.6 Å². The molecule has 0 aliphatic rings. The number of H-pyrrole nitrogens is 1. The molecule has 3 rings (SSSR count). The summed E-state index contributed by atoms with van der Waals surface area (Å²) >= 11 is 0. The van der Waals surface area contributed by atoms with Crippen molar-refractivity contribution in [2.24, 2.45) is 0 Å². The Morgan fingerprint density at radius 2 is 1.83 bits per heavy atom. The number of nitrogens with zero attached hydrogens (tertiary/aromatic N) is 3. The van der Waals surface area contributed by atoms with Crippen molar-refractivity contribution in [3.8, 4) is 0 Å². The molecule has 0 aliphatic heterocycles. The van der Waals surface area contributed by atoms with E-state index < -0.39 is 24.2 Å². The van der Waals surface area contributed by atoms with Gasteiger partial charge in [0.25, 0.3) is 11.8 Å². The van der Waals surface area contributed by atoms with Gasteiger partial charge < -0.3 is 30.5 Å². The van der Waals surface area contributed by atoms with Crippen LogP contribution < -0.4 is 15.7 Å². The molecule has 0 saturated carbocycles. The Kier molecular flexibility index (Phi) is 9.11. The Morgan fingerprint density at radius 3 is 2.46 bits per heavy atom. The maximum absolute atomic E-state index is 12.3. The highest BCUT2D eigenvalue weighted by molar-refractivity contribution is 5.93. The maximum atomic E-state index is 12.3. The number of halogens is 3. The van der Waals surface area contributed by atoms with Crippen molar-refractivity contribution in [1.82, 2.24) is 25.4 Å². The summed E-state index contributed by atoms with van der Waals surface area (Å²) in [5.74, 6) is -3.78. The molecule has 1 atom stereocenters.